The zero-order valence-corrected chi connectivity index (χ0v) is 22.3. The number of hydrogen-bond acceptors (Lipinski definition) is 6. The van der Waals surface area contributed by atoms with Crippen molar-refractivity contribution in [1.29, 1.82) is 0 Å². The van der Waals surface area contributed by atoms with Crippen LogP contribution >= 0.6 is 0 Å². The van der Waals surface area contributed by atoms with E-state index >= 15 is 0 Å². The van der Waals surface area contributed by atoms with Crippen LogP contribution in [0.1, 0.15) is 70.3 Å². The Morgan fingerprint density at radius 2 is 1.84 bits per heavy atom. The van der Waals surface area contributed by atoms with E-state index in [0.717, 1.165) is 49.4 Å². The smallest absolute Gasteiger partial charge is 0.278 e. The quantitative estimate of drug-likeness (QED) is 0.402. The Labute approximate surface area is 217 Å². The van der Waals surface area contributed by atoms with Crippen LogP contribution in [-0.2, 0) is 18.4 Å². The highest BCUT2D eigenvalue weighted by Crippen LogP contribution is 2.41. The van der Waals surface area contributed by atoms with E-state index in [-0.39, 0.29) is 22.4 Å². The Bertz CT molecular complexity index is 1550. The minimum Gasteiger partial charge on any atom is -0.324 e. The monoisotopic (exact) mass is 497 g/mol. The highest BCUT2D eigenvalue weighted by molar-refractivity contribution is 5.77. The fourth-order valence-corrected chi connectivity index (χ4v) is 4.92. The number of nitrogens with one attached hydrogen (secondary N) is 2. The van der Waals surface area contributed by atoms with Gasteiger partial charge in [0.25, 0.3) is 5.56 Å². The number of rotatable bonds is 5. The van der Waals surface area contributed by atoms with Crippen molar-refractivity contribution in [1.82, 2.24) is 29.6 Å². The lowest BCUT2D eigenvalue weighted by Crippen LogP contribution is -2.35. The first-order valence-electron chi connectivity index (χ1n) is 13.2. The summed E-state index contributed by atoms with van der Waals surface area (Å²) in [6.45, 7) is 13.0. The fourth-order valence-electron chi connectivity index (χ4n) is 4.92. The summed E-state index contributed by atoms with van der Waals surface area (Å²) in [6.07, 6.45) is 6.52. The second-order valence-corrected chi connectivity index (χ2v) is 11.9. The number of aromatic nitrogens is 5. The summed E-state index contributed by atoms with van der Waals surface area (Å²) in [5, 5.41) is 7.32. The van der Waals surface area contributed by atoms with Crippen LogP contribution in [0.2, 0.25) is 0 Å². The lowest BCUT2D eigenvalue weighted by atomic mass is 9.67. The maximum Gasteiger partial charge on any atom is 0.278 e. The van der Waals surface area contributed by atoms with Gasteiger partial charge in [0.15, 0.2) is 5.65 Å². The lowest BCUT2D eigenvalue weighted by Gasteiger charge is -2.38. The van der Waals surface area contributed by atoms with Crippen molar-refractivity contribution in [2.75, 3.05) is 11.9 Å². The molecular formula is C29H35N7O. The third-order valence-corrected chi connectivity index (χ3v) is 8.37. The molecular weight excluding hydrogens is 462 g/mol. The maximum atomic E-state index is 13.5. The highest BCUT2D eigenvalue weighted by atomic mass is 16.1. The molecule has 6 rings (SSSR count). The molecule has 8 nitrogen and oxygen atoms in total. The Hall–Kier alpha value is -3.52. The number of hydrogen-bond donors (Lipinski definition) is 2. The zero-order valence-electron chi connectivity index (χ0n) is 22.3. The summed E-state index contributed by atoms with van der Waals surface area (Å²) in [7, 11) is 0. The molecule has 0 atom stereocenters. The van der Waals surface area contributed by atoms with E-state index in [1.54, 1.807) is 6.20 Å². The predicted octanol–water partition coefficient (Wildman–Crippen LogP) is 5.03. The van der Waals surface area contributed by atoms with Gasteiger partial charge in [-0.15, -0.1) is 0 Å². The van der Waals surface area contributed by atoms with E-state index in [2.05, 4.69) is 74.5 Å². The van der Waals surface area contributed by atoms with Crippen molar-refractivity contribution < 1.29 is 0 Å². The molecule has 1 aromatic carbocycles. The van der Waals surface area contributed by atoms with Crippen molar-refractivity contribution in [3.05, 3.63) is 69.9 Å². The summed E-state index contributed by atoms with van der Waals surface area (Å²) < 4.78 is 3.83. The van der Waals surface area contributed by atoms with Crippen LogP contribution in [0.5, 0.6) is 0 Å². The van der Waals surface area contributed by atoms with Gasteiger partial charge in [-0.1, -0.05) is 40.7 Å². The summed E-state index contributed by atoms with van der Waals surface area (Å²) in [5.41, 5.74) is 5.90. The van der Waals surface area contributed by atoms with E-state index in [4.69, 9.17) is 9.97 Å². The van der Waals surface area contributed by atoms with Gasteiger partial charge in [0.2, 0.25) is 5.95 Å². The second-order valence-electron chi connectivity index (χ2n) is 11.9. The molecule has 192 valence electrons. The largest absolute Gasteiger partial charge is 0.324 e. The summed E-state index contributed by atoms with van der Waals surface area (Å²) in [6, 6.07) is 10.6. The molecule has 3 aromatic heterocycles. The van der Waals surface area contributed by atoms with Gasteiger partial charge in [-0.3, -0.25) is 9.78 Å². The summed E-state index contributed by atoms with van der Waals surface area (Å²) >= 11 is 0. The average molecular weight is 498 g/mol. The molecule has 0 saturated heterocycles. The minimum atomic E-state index is -0.167. The molecule has 0 bridgehead atoms. The standard InChI is InChI=1S/C29H35N7O/c1-28(2,3)29(4,5)24-15-22(11-13-31-24)35-25-23(26(37)36(35)21-8-9-21)17-32-27(34-25)33-20-7-6-18-10-12-30-16-19(18)14-20/h6-7,11,13-15,17,21,30H,8-10,12,16H2,1-5H3,(H,32,33,34). The molecule has 0 radical (unpaired) electrons. The Kier molecular flexibility index (Phi) is 5.49. The molecule has 2 N–H and O–H groups in total. The van der Waals surface area contributed by atoms with Crippen LogP contribution in [0.4, 0.5) is 11.6 Å². The van der Waals surface area contributed by atoms with Gasteiger partial charge in [-0.05, 0) is 66.6 Å². The van der Waals surface area contributed by atoms with Crippen molar-refractivity contribution in [3.63, 3.8) is 0 Å². The minimum absolute atomic E-state index is 0.0111. The number of fused-ring (bicyclic) bond motifs is 2. The Balaban J connectivity index is 1.46. The summed E-state index contributed by atoms with van der Waals surface area (Å²) in [5.74, 6) is 0.474. The molecule has 2 aliphatic rings. The summed E-state index contributed by atoms with van der Waals surface area (Å²) in [4.78, 5) is 27.6. The first-order chi connectivity index (χ1) is 17.6. The van der Waals surface area contributed by atoms with Crippen LogP contribution in [0, 0.1) is 5.41 Å². The molecule has 4 heterocycles. The normalized spacial score (nSPS) is 16.1. The van der Waals surface area contributed by atoms with Gasteiger partial charge >= 0.3 is 0 Å². The van der Waals surface area contributed by atoms with Crippen LogP contribution in [0.15, 0.2) is 47.5 Å². The molecule has 1 aliphatic heterocycles. The molecule has 0 spiro atoms. The van der Waals surface area contributed by atoms with Crippen molar-refractivity contribution in [2.24, 2.45) is 5.41 Å². The number of nitrogens with zero attached hydrogens (tertiary/aromatic N) is 5. The van der Waals surface area contributed by atoms with Crippen molar-refractivity contribution >= 4 is 22.7 Å². The molecule has 8 heteroatoms. The third kappa shape index (κ3) is 4.13. The fraction of sp³-hybridized carbons (Fsp3) is 0.448. The zero-order chi connectivity index (χ0) is 25.9. The molecule has 0 unspecified atom stereocenters. The van der Waals surface area contributed by atoms with Crippen molar-refractivity contribution in [2.45, 2.75) is 71.9 Å². The molecule has 1 saturated carbocycles. The Morgan fingerprint density at radius 1 is 1.03 bits per heavy atom. The van der Waals surface area contributed by atoms with E-state index in [1.807, 2.05) is 21.6 Å². The molecule has 1 aliphatic carbocycles. The average Bonchev–Trinajstić information content (AvgIpc) is 3.67. The van der Waals surface area contributed by atoms with Gasteiger partial charge in [0.05, 0.1) is 11.7 Å². The van der Waals surface area contributed by atoms with Gasteiger partial charge in [0, 0.05) is 35.7 Å². The molecule has 37 heavy (non-hydrogen) atoms. The van der Waals surface area contributed by atoms with Crippen LogP contribution in [0.3, 0.4) is 0 Å². The number of benzene rings is 1. The molecule has 4 aromatic rings. The molecule has 0 amide bonds. The van der Waals surface area contributed by atoms with Gasteiger partial charge in [-0.25, -0.2) is 14.3 Å². The van der Waals surface area contributed by atoms with Gasteiger partial charge < -0.3 is 10.6 Å². The second kappa shape index (κ2) is 8.52. The van der Waals surface area contributed by atoms with E-state index in [1.165, 1.54) is 11.1 Å². The topological polar surface area (TPSA) is 89.7 Å². The van der Waals surface area contributed by atoms with E-state index in [9.17, 15) is 4.79 Å². The van der Waals surface area contributed by atoms with E-state index in [0.29, 0.717) is 17.0 Å². The molecule has 1 fully saturated rings. The first kappa shape index (κ1) is 23.9. The van der Waals surface area contributed by atoms with Crippen LogP contribution in [-0.4, -0.2) is 30.9 Å². The number of anilines is 2. The van der Waals surface area contributed by atoms with Gasteiger partial charge in [0.1, 0.15) is 5.39 Å². The van der Waals surface area contributed by atoms with Crippen molar-refractivity contribution in [3.8, 4) is 5.69 Å². The third-order valence-electron chi connectivity index (χ3n) is 8.37. The number of pyridine rings is 1. The maximum absolute atomic E-state index is 13.5. The SMILES string of the molecule is CC(C)(C)C(C)(C)c1cc(-n2c3nc(Nc4ccc5c(c4)CNCC5)ncc3c(=O)n2C2CC2)ccn1. The van der Waals surface area contributed by atoms with Crippen LogP contribution in [0.25, 0.3) is 16.7 Å². The van der Waals surface area contributed by atoms with Gasteiger partial charge in [-0.2, -0.15) is 4.98 Å². The van der Waals surface area contributed by atoms with E-state index < -0.39 is 0 Å². The lowest BCUT2D eigenvalue weighted by molar-refractivity contribution is 0.219. The predicted molar refractivity (Wildman–Crippen MR) is 147 cm³/mol. The highest BCUT2D eigenvalue weighted by Gasteiger charge is 2.36. The van der Waals surface area contributed by atoms with Crippen LogP contribution < -0.4 is 16.2 Å². The first-order valence-corrected chi connectivity index (χ1v) is 13.2. The Morgan fingerprint density at radius 3 is 2.59 bits per heavy atom.